The van der Waals surface area contributed by atoms with Crippen LogP contribution in [0.15, 0.2) is 0 Å². The first-order valence-corrected chi connectivity index (χ1v) is 8.20. The van der Waals surface area contributed by atoms with Gasteiger partial charge >= 0.3 is 0 Å². The van der Waals surface area contributed by atoms with Crippen LogP contribution in [0.4, 0.5) is 0 Å². The number of aromatic nitrogens is 1. The Morgan fingerprint density at radius 2 is 2.05 bits per heavy atom. The maximum absolute atomic E-state index is 12.5. The molecule has 0 aliphatic carbocycles. The summed E-state index contributed by atoms with van der Waals surface area (Å²) in [6.07, 6.45) is 0.853. The van der Waals surface area contributed by atoms with Gasteiger partial charge in [-0.2, -0.15) is 0 Å². The molecule has 21 heavy (non-hydrogen) atoms. The van der Waals surface area contributed by atoms with Gasteiger partial charge in [-0.05, 0) is 26.7 Å². The highest BCUT2D eigenvalue weighted by molar-refractivity contribution is 7.11. The summed E-state index contributed by atoms with van der Waals surface area (Å²) in [6.45, 7) is 10.2. The van der Waals surface area contributed by atoms with E-state index >= 15 is 0 Å². The molecule has 3 unspecified atom stereocenters. The van der Waals surface area contributed by atoms with Crippen LogP contribution in [0.3, 0.4) is 0 Å². The Morgan fingerprint density at radius 1 is 1.38 bits per heavy atom. The third-order valence-corrected chi connectivity index (χ3v) is 5.24. The second-order valence-corrected chi connectivity index (χ2v) is 7.06. The Kier molecular flexibility index (Phi) is 4.66. The molecule has 1 aliphatic heterocycles. The molecule has 1 fully saturated rings. The SMILES string of the molecule is CCC(C)C1C(=O)NC(C)C(=O)N1Cc1nc(C)c(C)s1. The lowest BCUT2D eigenvalue weighted by Crippen LogP contribution is -2.63. The van der Waals surface area contributed by atoms with Gasteiger partial charge in [0.1, 0.15) is 17.1 Å². The van der Waals surface area contributed by atoms with Crippen molar-refractivity contribution >= 4 is 23.2 Å². The number of carbonyl (C=O) groups is 2. The number of amides is 2. The van der Waals surface area contributed by atoms with Crippen molar-refractivity contribution in [3.8, 4) is 0 Å². The molecule has 0 saturated carbocycles. The van der Waals surface area contributed by atoms with Crippen LogP contribution in [0.1, 0.15) is 42.8 Å². The van der Waals surface area contributed by atoms with Crippen LogP contribution in [-0.2, 0) is 16.1 Å². The molecule has 1 saturated heterocycles. The number of nitrogens with one attached hydrogen (secondary N) is 1. The van der Waals surface area contributed by atoms with Crippen LogP contribution < -0.4 is 5.32 Å². The Labute approximate surface area is 129 Å². The molecule has 1 aliphatic rings. The normalized spacial score (nSPS) is 24.1. The Morgan fingerprint density at radius 3 is 2.57 bits per heavy atom. The van der Waals surface area contributed by atoms with E-state index in [2.05, 4.69) is 10.3 Å². The van der Waals surface area contributed by atoms with Crippen LogP contribution in [0.2, 0.25) is 0 Å². The van der Waals surface area contributed by atoms with Gasteiger partial charge < -0.3 is 10.2 Å². The van der Waals surface area contributed by atoms with Crippen molar-refractivity contribution < 1.29 is 9.59 Å². The predicted molar refractivity (Wildman–Crippen MR) is 83.0 cm³/mol. The molecule has 6 heteroatoms. The molecule has 0 spiro atoms. The van der Waals surface area contributed by atoms with Crippen molar-refractivity contribution in [2.45, 2.75) is 59.7 Å². The summed E-state index contributed by atoms with van der Waals surface area (Å²) in [5, 5.41) is 3.68. The van der Waals surface area contributed by atoms with E-state index in [0.717, 1.165) is 22.0 Å². The van der Waals surface area contributed by atoms with E-state index in [4.69, 9.17) is 0 Å². The van der Waals surface area contributed by atoms with E-state index in [1.807, 2.05) is 27.7 Å². The zero-order valence-electron chi connectivity index (χ0n) is 13.3. The molecule has 0 bridgehead atoms. The highest BCUT2D eigenvalue weighted by Crippen LogP contribution is 2.25. The van der Waals surface area contributed by atoms with E-state index in [1.54, 1.807) is 23.2 Å². The fourth-order valence-corrected chi connectivity index (χ4v) is 3.54. The zero-order valence-corrected chi connectivity index (χ0v) is 14.1. The van der Waals surface area contributed by atoms with Gasteiger partial charge in [-0.1, -0.05) is 20.3 Å². The van der Waals surface area contributed by atoms with E-state index in [-0.39, 0.29) is 17.7 Å². The van der Waals surface area contributed by atoms with Gasteiger partial charge in [-0.3, -0.25) is 9.59 Å². The monoisotopic (exact) mass is 309 g/mol. The zero-order chi connectivity index (χ0) is 15.7. The number of hydrogen-bond acceptors (Lipinski definition) is 4. The molecule has 5 nitrogen and oxygen atoms in total. The molecule has 0 aromatic carbocycles. The lowest BCUT2D eigenvalue weighted by atomic mass is 9.93. The lowest BCUT2D eigenvalue weighted by Gasteiger charge is -2.40. The highest BCUT2D eigenvalue weighted by Gasteiger charge is 2.41. The largest absolute Gasteiger partial charge is 0.343 e. The summed E-state index contributed by atoms with van der Waals surface area (Å²) in [5.41, 5.74) is 0.997. The maximum atomic E-state index is 12.5. The van der Waals surface area contributed by atoms with Crippen molar-refractivity contribution in [3.63, 3.8) is 0 Å². The second kappa shape index (κ2) is 6.13. The standard InChI is InChI=1S/C15H23N3O2S/c1-6-8(2)13-14(19)17-10(4)15(20)18(13)7-12-16-9(3)11(5)21-12/h8,10,13H,6-7H2,1-5H3,(H,17,19). The summed E-state index contributed by atoms with van der Waals surface area (Å²) < 4.78 is 0. The first-order chi connectivity index (χ1) is 9.85. The molecule has 1 N–H and O–H groups in total. The fourth-order valence-electron chi connectivity index (χ4n) is 2.61. The summed E-state index contributed by atoms with van der Waals surface area (Å²) in [4.78, 5) is 32.2. The van der Waals surface area contributed by atoms with E-state index in [9.17, 15) is 9.59 Å². The molecule has 1 aromatic heterocycles. The second-order valence-electron chi connectivity index (χ2n) is 5.78. The van der Waals surface area contributed by atoms with Crippen LogP contribution in [0.25, 0.3) is 0 Å². The van der Waals surface area contributed by atoms with Crippen molar-refractivity contribution in [3.05, 3.63) is 15.6 Å². The molecule has 2 heterocycles. The van der Waals surface area contributed by atoms with Crippen molar-refractivity contribution in [2.24, 2.45) is 5.92 Å². The quantitative estimate of drug-likeness (QED) is 0.925. The van der Waals surface area contributed by atoms with E-state index in [0.29, 0.717) is 6.54 Å². The number of piperazine rings is 1. The first kappa shape index (κ1) is 15.9. The van der Waals surface area contributed by atoms with E-state index < -0.39 is 12.1 Å². The number of thiazole rings is 1. The fraction of sp³-hybridized carbons (Fsp3) is 0.667. The van der Waals surface area contributed by atoms with Gasteiger partial charge in [-0.25, -0.2) is 4.98 Å². The van der Waals surface area contributed by atoms with Gasteiger partial charge in [0.15, 0.2) is 0 Å². The third-order valence-electron chi connectivity index (χ3n) is 4.18. The maximum Gasteiger partial charge on any atom is 0.245 e. The first-order valence-electron chi connectivity index (χ1n) is 7.38. The Bertz CT molecular complexity index is 536. The van der Waals surface area contributed by atoms with Gasteiger partial charge in [0.25, 0.3) is 0 Å². The van der Waals surface area contributed by atoms with Gasteiger partial charge in [0.2, 0.25) is 11.8 Å². The van der Waals surface area contributed by atoms with Crippen LogP contribution in [0.5, 0.6) is 0 Å². The number of nitrogens with zero attached hydrogens (tertiary/aromatic N) is 2. The number of aryl methyl sites for hydroxylation is 2. The average molecular weight is 309 g/mol. The minimum atomic E-state index is -0.458. The minimum Gasteiger partial charge on any atom is -0.343 e. The number of rotatable bonds is 4. The molecule has 0 radical (unpaired) electrons. The lowest BCUT2D eigenvalue weighted by molar-refractivity contribution is -0.151. The predicted octanol–water partition coefficient (Wildman–Crippen LogP) is 2.02. The van der Waals surface area contributed by atoms with Gasteiger partial charge in [-0.15, -0.1) is 11.3 Å². The van der Waals surface area contributed by atoms with Crippen LogP contribution in [0, 0.1) is 19.8 Å². The Hall–Kier alpha value is -1.43. The molecule has 1 aromatic rings. The van der Waals surface area contributed by atoms with Crippen molar-refractivity contribution in [2.75, 3.05) is 0 Å². The average Bonchev–Trinajstić information content (AvgIpc) is 2.74. The number of carbonyl (C=O) groups excluding carboxylic acids is 2. The molecule has 116 valence electrons. The summed E-state index contributed by atoms with van der Waals surface area (Å²) in [7, 11) is 0. The van der Waals surface area contributed by atoms with Crippen molar-refractivity contribution in [1.82, 2.24) is 15.2 Å². The summed E-state index contributed by atoms with van der Waals surface area (Å²) in [6, 6.07) is -0.858. The molecule has 2 rings (SSSR count). The Balaban J connectivity index is 2.29. The topological polar surface area (TPSA) is 62.3 Å². The summed E-state index contributed by atoms with van der Waals surface area (Å²) >= 11 is 1.60. The molecule has 3 atom stereocenters. The van der Waals surface area contributed by atoms with Crippen LogP contribution >= 0.6 is 11.3 Å². The van der Waals surface area contributed by atoms with E-state index in [1.165, 1.54) is 0 Å². The van der Waals surface area contributed by atoms with Gasteiger partial charge in [0, 0.05) is 4.88 Å². The minimum absolute atomic E-state index is 0.0228. The summed E-state index contributed by atoms with van der Waals surface area (Å²) in [5.74, 6) is 0.0514. The van der Waals surface area contributed by atoms with Gasteiger partial charge in [0.05, 0.1) is 12.2 Å². The van der Waals surface area contributed by atoms with Crippen LogP contribution in [-0.4, -0.2) is 33.8 Å². The van der Waals surface area contributed by atoms with Crippen molar-refractivity contribution in [1.29, 1.82) is 0 Å². The number of hydrogen-bond donors (Lipinski definition) is 1. The highest BCUT2D eigenvalue weighted by atomic mass is 32.1. The molecule has 2 amide bonds. The third kappa shape index (κ3) is 3.10. The molecular formula is C15H23N3O2S. The smallest absolute Gasteiger partial charge is 0.245 e. The molecular weight excluding hydrogens is 286 g/mol.